The van der Waals surface area contributed by atoms with Crippen LogP contribution in [0.15, 0.2) is 0 Å². The minimum Gasteiger partial charge on any atom is -0.480 e. The predicted octanol–water partition coefficient (Wildman–Crippen LogP) is 2.22. The summed E-state index contributed by atoms with van der Waals surface area (Å²) >= 11 is 0. The molecule has 1 saturated carbocycles. The molecule has 0 aromatic carbocycles. The number of rotatable bonds is 4. The average molecular weight is 268 g/mol. The summed E-state index contributed by atoms with van der Waals surface area (Å²) in [6.45, 7) is 4.51. The van der Waals surface area contributed by atoms with E-state index in [1.807, 2.05) is 0 Å². The van der Waals surface area contributed by atoms with Gasteiger partial charge < -0.3 is 15.7 Å². The molecule has 0 amide bonds. The van der Waals surface area contributed by atoms with Crippen LogP contribution in [0.4, 0.5) is 0 Å². The lowest BCUT2D eigenvalue weighted by atomic mass is 9.96. The first-order valence-electron chi connectivity index (χ1n) is 7.81. The summed E-state index contributed by atoms with van der Waals surface area (Å²) in [6, 6.07) is 0.390. The second-order valence-corrected chi connectivity index (χ2v) is 6.48. The van der Waals surface area contributed by atoms with E-state index in [2.05, 4.69) is 11.8 Å². The van der Waals surface area contributed by atoms with Gasteiger partial charge in [0.25, 0.3) is 0 Å². The third-order valence-electron chi connectivity index (χ3n) is 5.05. The maximum atomic E-state index is 11.2. The SMILES string of the molecule is CCCC1CCCN(C2CCC(N)(C(=O)O)C2)CC1. The Morgan fingerprint density at radius 1 is 1.37 bits per heavy atom. The lowest BCUT2D eigenvalue weighted by Crippen LogP contribution is -2.47. The normalized spacial score (nSPS) is 37.2. The fraction of sp³-hybridized carbons (Fsp3) is 0.933. The third kappa shape index (κ3) is 3.48. The van der Waals surface area contributed by atoms with Gasteiger partial charge in [-0.05, 0) is 57.5 Å². The highest BCUT2D eigenvalue weighted by molar-refractivity contribution is 5.79. The van der Waals surface area contributed by atoms with Crippen LogP contribution in [0.5, 0.6) is 0 Å². The van der Waals surface area contributed by atoms with Gasteiger partial charge in [-0.15, -0.1) is 0 Å². The number of carbonyl (C=O) groups is 1. The Hall–Kier alpha value is -0.610. The van der Waals surface area contributed by atoms with Crippen molar-refractivity contribution in [1.82, 2.24) is 4.90 Å². The van der Waals surface area contributed by atoms with Gasteiger partial charge in [-0.3, -0.25) is 4.79 Å². The van der Waals surface area contributed by atoms with Crippen molar-refractivity contribution in [3.63, 3.8) is 0 Å². The van der Waals surface area contributed by atoms with Crippen molar-refractivity contribution in [3.05, 3.63) is 0 Å². The van der Waals surface area contributed by atoms with Crippen molar-refractivity contribution in [2.75, 3.05) is 13.1 Å². The fourth-order valence-corrected chi connectivity index (χ4v) is 3.80. The van der Waals surface area contributed by atoms with E-state index < -0.39 is 11.5 Å². The second kappa shape index (κ2) is 6.23. The molecule has 3 N–H and O–H groups in total. The Morgan fingerprint density at radius 3 is 2.79 bits per heavy atom. The first kappa shape index (κ1) is 14.8. The van der Waals surface area contributed by atoms with E-state index in [1.165, 1.54) is 32.1 Å². The van der Waals surface area contributed by atoms with E-state index in [0.29, 0.717) is 18.9 Å². The molecule has 0 aromatic heterocycles. The van der Waals surface area contributed by atoms with Crippen molar-refractivity contribution in [3.8, 4) is 0 Å². The van der Waals surface area contributed by atoms with Crippen molar-refractivity contribution in [2.24, 2.45) is 11.7 Å². The highest BCUT2D eigenvalue weighted by Gasteiger charge is 2.44. The molecule has 1 saturated heterocycles. The standard InChI is InChI=1S/C15H28N2O2/c1-2-4-12-5-3-9-17(10-7-12)13-6-8-15(16,11-13)14(18)19/h12-13H,2-11,16H2,1H3,(H,18,19). The van der Waals surface area contributed by atoms with Crippen LogP contribution in [0.2, 0.25) is 0 Å². The molecule has 0 spiro atoms. The Kier molecular flexibility index (Phi) is 4.85. The molecule has 3 unspecified atom stereocenters. The Labute approximate surface area is 116 Å². The Morgan fingerprint density at radius 2 is 2.16 bits per heavy atom. The van der Waals surface area contributed by atoms with Gasteiger partial charge in [-0.2, -0.15) is 0 Å². The molecule has 2 aliphatic rings. The predicted molar refractivity (Wildman–Crippen MR) is 76.0 cm³/mol. The summed E-state index contributed by atoms with van der Waals surface area (Å²) < 4.78 is 0. The van der Waals surface area contributed by atoms with Crippen LogP contribution in [0.1, 0.15) is 58.3 Å². The monoisotopic (exact) mass is 268 g/mol. The smallest absolute Gasteiger partial charge is 0.323 e. The van der Waals surface area contributed by atoms with Crippen molar-refractivity contribution < 1.29 is 9.90 Å². The van der Waals surface area contributed by atoms with Gasteiger partial charge in [0.1, 0.15) is 5.54 Å². The quantitative estimate of drug-likeness (QED) is 0.820. The molecular formula is C15H28N2O2. The van der Waals surface area contributed by atoms with E-state index in [-0.39, 0.29) is 0 Å². The number of likely N-dealkylation sites (tertiary alicyclic amines) is 1. The van der Waals surface area contributed by atoms with Crippen LogP contribution in [0.3, 0.4) is 0 Å². The average Bonchev–Trinajstić information content (AvgIpc) is 2.63. The summed E-state index contributed by atoms with van der Waals surface area (Å²) in [4.78, 5) is 13.7. The zero-order valence-corrected chi connectivity index (χ0v) is 12.1. The molecular weight excluding hydrogens is 240 g/mol. The molecule has 1 aliphatic heterocycles. The van der Waals surface area contributed by atoms with E-state index in [0.717, 1.165) is 25.4 Å². The molecule has 19 heavy (non-hydrogen) atoms. The number of hydrogen-bond donors (Lipinski definition) is 2. The minimum atomic E-state index is -0.972. The number of nitrogens with zero attached hydrogens (tertiary/aromatic N) is 1. The summed E-state index contributed by atoms with van der Waals surface area (Å²) in [6.07, 6.45) is 8.68. The molecule has 4 heteroatoms. The van der Waals surface area contributed by atoms with E-state index in [4.69, 9.17) is 5.73 Å². The van der Waals surface area contributed by atoms with Gasteiger partial charge in [-0.25, -0.2) is 0 Å². The zero-order valence-electron chi connectivity index (χ0n) is 12.1. The zero-order chi connectivity index (χ0) is 13.9. The van der Waals surface area contributed by atoms with Crippen molar-refractivity contribution in [2.45, 2.75) is 69.9 Å². The van der Waals surface area contributed by atoms with Gasteiger partial charge in [0.15, 0.2) is 0 Å². The first-order chi connectivity index (χ1) is 9.05. The molecule has 0 aromatic rings. The second-order valence-electron chi connectivity index (χ2n) is 6.48. The van der Waals surface area contributed by atoms with Gasteiger partial charge in [-0.1, -0.05) is 19.8 Å². The van der Waals surface area contributed by atoms with Gasteiger partial charge in [0.2, 0.25) is 0 Å². The van der Waals surface area contributed by atoms with Gasteiger partial charge in [0.05, 0.1) is 0 Å². The van der Waals surface area contributed by atoms with Gasteiger partial charge in [0, 0.05) is 6.04 Å². The Balaban J connectivity index is 1.88. The maximum absolute atomic E-state index is 11.2. The third-order valence-corrected chi connectivity index (χ3v) is 5.05. The number of nitrogens with two attached hydrogens (primary N) is 1. The maximum Gasteiger partial charge on any atom is 0.323 e. The lowest BCUT2D eigenvalue weighted by molar-refractivity contribution is -0.143. The first-order valence-corrected chi connectivity index (χ1v) is 7.81. The molecule has 1 heterocycles. The molecule has 3 atom stereocenters. The summed E-state index contributed by atoms with van der Waals surface area (Å²) in [5, 5.41) is 9.21. The van der Waals surface area contributed by atoms with Crippen LogP contribution in [0.25, 0.3) is 0 Å². The van der Waals surface area contributed by atoms with Crippen LogP contribution in [-0.2, 0) is 4.79 Å². The number of aliphatic carboxylic acids is 1. The topological polar surface area (TPSA) is 66.6 Å². The molecule has 4 nitrogen and oxygen atoms in total. The number of carboxylic acids is 1. The highest BCUT2D eigenvalue weighted by Crippen LogP contribution is 2.33. The van der Waals surface area contributed by atoms with Crippen LogP contribution in [0, 0.1) is 5.92 Å². The number of hydrogen-bond acceptors (Lipinski definition) is 3. The van der Waals surface area contributed by atoms with Crippen molar-refractivity contribution in [1.29, 1.82) is 0 Å². The Bertz CT molecular complexity index is 321. The van der Waals surface area contributed by atoms with Gasteiger partial charge >= 0.3 is 5.97 Å². The molecule has 0 bridgehead atoms. The van der Waals surface area contributed by atoms with Crippen molar-refractivity contribution >= 4 is 5.97 Å². The summed E-state index contributed by atoms with van der Waals surface area (Å²) in [5.41, 5.74) is 5.01. The number of carboxylic acid groups (broad SMARTS) is 1. The molecule has 0 radical (unpaired) electrons. The van der Waals surface area contributed by atoms with E-state index in [9.17, 15) is 9.90 Å². The molecule has 110 valence electrons. The fourth-order valence-electron chi connectivity index (χ4n) is 3.80. The molecule has 2 fully saturated rings. The largest absolute Gasteiger partial charge is 0.480 e. The lowest BCUT2D eigenvalue weighted by Gasteiger charge is -2.28. The summed E-state index contributed by atoms with van der Waals surface area (Å²) in [7, 11) is 0. The molecule has 1 aliphatic carbocycles. The minimum absolute atomic E-state index is 0.390. The van der Waals surface area contributed by atoms with Crippen LogP contribution >= 0.6 is 0 Å². The van der Waals surface area contributed by atoms with Crippen LogP contribution < -0.4 is 5.73 Å². The van der Waals surface area contributed by atoms with Crippen LogP contribution in [-0.4, -0.2) is 40.6 Å². The van der Waals surface area contributed by atoms with E-state index >= 15 is 0 Å². The highest BCUT2D eigenvalue weighted by atomic mass is 16.4. The molecule has 2 rings (SSSR count). The van der Waals surface area contributed by atoms with E-state index in [1.54, 1.807) is 0 Å². The summed E-state index contributed by atoms with van der Waals surface area (Å²) in [5.74, 6) is 0.0483.